The highest BCUT2D eigenvalue weighted by atomic mass is 32.1. The molecule has 0 amide bonds. The van der Waals surface area contributed by atoms with E-state index in [1.807, 2.05) is 24.6 Å². The topological polar surface area (TPSA) is 44.9 Å². The molecule has 0 saturated carbocycles. The first kappa shape index (κ1) is 8.52. The predicted molar refractivity (Wildman–Crippen MR) is 57.8 cm³/mol. The Bertz CT molecular complexity index is 441. The molecule has 68 valence electrons. The highest BCUT2D eigenvalue weighted by molar-refractivity contribution is 7.15. The van der Waals surface area contributed by atoms with Crippen molar-refractivity contribution < 1.29 is 0 Å². The molecule has 2 heterocycles. The summed E-state index contributed by atoms with van der Waals surface area (Å²) < 4.78 is 2.71. The van der Waals surface area contributed by atoms with Gasteiger partial charge in [-0.25, -0.2) is 0 Å². The first-order valence-corrected chi connectivity index (χ1v) is 5.45. The van der Waals surface area contributed by atoms with Crippen LogP contribution in [0.4, 0.5) is 5.00 Å². The molecule has 0 saturated heterocycles. The van der Waals surface area contributed by atoms with Crippen LogP contribution in [0.3, 0.4) is 0 Å². The lowest BCUT2D eigenvalue weighted by Gasteiger charge is -1.95. The molecule has 0 aromatic carbocycles. The monoisotopic (exact) mass is 212 g/mol. The fraction of sp³-hybridized carbons (Fsp3) is 0.125. The number of H-pyrrole nitrogens is 1. The number of thiophene rings is 1. The van der Waals surface area contributed by atoms with Gasteiger partial charge in [0.2, 0.25) is 0 Å². The summed E-state index contributed by atoms with van der Waals surface area (Å²) in [5.41, 5.74) is 0.735. The van der Waals surface area contributed by atoms with Crippen LogP contribution in [0, 0.1) is 0 Å². The van der Waals surface area contributed by atoms with E-state index in [1.54, 1.807) is 11.3 Å². The van der Waals surface area contributed by atoms with Gasteiger partial charge in [-0.3, -0.25) is 9.17 Å². The van der Waals surface area contributed by atoms with Crippen molar-refractivity contribution in [2.45, 2.75) is 0 Å². The second kappa shape index (κ2) is 3.35. The smallest absolute Gasteiger partial charge is 0.268 e. The van der Waals surface area contributed by atoms with Gasteiger partial charge >= 0.3 is 0 Å². The lowest BCUT2D eigenvalue weighted by molar-refractivity contribution is 1.43. The highest BCUT2D eigenvalue weighted by Crippen LogP contribution is 2.30. The van der Waals surface area contributed by atoms with Crippen LogP contribution in [0.25, 0.3) is 10.4 Å². The molecule has 0 bridgehead atoms. The van der Waals surface area contributed by atoms with Gasteiger partial charge in [-0.2, -0.15) is 0 Å². The number of hydrogen-bond acceptors (Lipinski definition) is 4. The van der Waals surface area contributed by atoms with Gasteiger partial charge in [0.1, 0.15) is 5.00 Å². The van der Waals surface area contributed by atoms with E-state index in [-0.39, 0.29) is 5.56 Å². The van der Waals surface area contributed by atoms with Crippen molar-refractivity contribution in [3.05, 3.63) is 27.9 Å². The van der Waals surface area contributed by atoms with E-state index in [1.165, 1.54) is 11.5 Å². The van der Waals surface area contributed by atoms with Crippen LogP contribution < -0.4 is 10.9 Å². The SMILES string of the molecule is CNc1s[nH]c(=O)c1-c1cccs1. The summed E-state index contributed by atoms with van der Waals surface area (Å²) in [6, 6.07) is 3.89. The van der Waals surface area contributed by atoms with Gasteiger partial charge in [0, 0.05) is 11.9 Å². The maximum Gasteiger partial charge on any atom is 0.268 e. The molecule has 0 unspecified atom stereocenters. The molecule has 3 nitrogen and oxygen atoms in total. The largest absolute Gasteiger partial charge is 0.378 e. The molecule has 13 heavy (non-hydrogen) atoms. The first-order chi connectivity index (χ1) is 6.33. The standard InChI is InChI=1S/C8H8N2OS2/c1-9-8-6(7(11)10-13-8)5-3-2-4-12-5/h2-4,9H,1H3,(H,10,11). The van der Waals surface area contributed by atoms with Gasteiger partial charge in [-0.1, -0.05) is 6.07 Å². The molecule has 0 atom stereocenters. The molecule has 0 radical (unpaired) electrons. The second-order valence-corrected chi connectivity index (χ2v) is 4.23. The zero-order chi connectivity index (χ0) is 9.26. The average Bonchev–Trinajstić information content (AvgIpc) is 2.72. The van der Waals surface area contributed by atoms with Crippen molar-refractivity contribution in [2.24, 2.45) is 0 Å². The van der Waals surface area contributed by atoms with Gasteiger partial charge in [0.15, 0.2) is 0 Å². The molecule has 0 spiro atoms. The van der Waals surface area contributed by atoms with E-state index in [0.717, 1.165) is 15.4 Å². The van der Waals surface area contributed by atoms with Crippen molar-refractivity contribution in [3.8, 4) is 10.4 Å². The summed E-state index contributed by atoms with van der Waals surface area (Å²) in [6.07, 6.45) is 0. The molecular formula is C8H8N2OS2. The number of aromatic nitrogens is 1. The number of aromatic amines is 1. The van der Waals surface area contributed by atoms with Gasteiger partial charge in [-0.05, 0) is 23.0 Å². The van der Waals surface area contributed by atoms with Crippen molar-refractivity contribution in [3.63, 3.8) is 0 Å². The number of rotatable bonds is 2. The molecule has 5 heteroatoms. The average molecular weight is 212 g/mol. The quantitative estimate of drug-likeness (QED) is 0.801. The predicted octanol–water partition coefficient (Wildman–Crippen LogP) is 2.21. The van der Waals surface area contributed by atoms with E-state index in [9.17, 15) is 4.79 Å². The van der Waals surface area contributed by atoms with Gasteiger partial charge < -0.3 is 5.32 Å². The van der Waals surface area contributed by atoms with Crippen molar-refractivity contribution >= 4 is 27.9 Å². The fourth-order valence-electron chi connectivity index (χ4n) is 1.12. The number of nitrogens with one attached hydrogen (secondary N) is 2. The van der Waals surface area contributed by atoms with Crippen molar-refractivity contribution in [1.29, 1.82) is 0 Å². The minimum absolute atomic E-state index is 0.0169. The van der Waals surface area contributed by atoms with Crippen LogP contribution in [-0.4, -0.2) is 11.4 Å². The molecule has 2 N–H and O–H groups in total. The van der Waals surface area contributed by atoms with Crippen LogP contribution in [0.2, 0.25) is 0 Å². The summed E-state index contributed by atoms with van der Waals surface area (Å²) in [4.78, 5) is 12.4. The van der Waals surface area contributed by atoms with Crippen LogP contribution in [0.5, 0.6) is 0 Å². The van der Waals surface area contributed by atoms with E-state index in [0.29, 0.717) is 0 Å². The first-order valence-electron chi connectivity index (χ1n) is 3.76. The van der Waals surface area contributed by atoms with Gasteiger partial charge in [0.05, 0.1) is 5.56 Å². The molecule has 2 rings (SSSR count). The minimum atomic E-state index is -0.0169. The van der Waals surface area contributed by atoms with E-state index in [4.69, 9.17) is 0 Å². The molecule has 0 aliphatic carbocycles. The highest BCUT2D eigenvalue weighted by Gasteiger charge is 2.11. The summed E-state index contributed by atoms with van der Waals surface area (Å²) in [6.45, 7) is 0. The van der Waals surface area contributed by atoms with E-state index >= 15 is 0 Å². The Balaban J connectivity index is 2.62. The Kier molecular flexibility index (Phi) is 2.20. The minimum Gasteiger partial charge on any atom is -0.378 e. The molecule has 0 aliphatic rings. The van der Waals surface area contributed by atoms with E-state index < -0.39 is 0 Å². The maximum atomic E-state index is 11.4. The fourth-order valence-corrected chi connectivity index (χ4v) is 2.66. The van der Waals surface area contributed by atoms with E-state index in [2.05, 4.69) is 9.69 Å². The van der Waals surface area contributed by atoms with Crippen LogP contribution >= 0.6 is 22.9 Å². The Hall–Kier alpha value is -1.07. The van der Waals surface area contributed by atoms with Crippen molar-refractivity contribution in [2.75, 3.05) is 12.4 Å². The Morgan fingerprint density at radius 2 is 2.38 bits per heavy atom. The summed E-state index contributed by atoms with van der Waals surface area (Å²) in [5.74, 6) is 0. The summed E-state index contributed by atoms with van der Waals surface area (Å²) in [7, 11) is 1.82. The molecule has 2 aromatic rings. The Morgan fingerprint density at radius 3 is 3.00 bits per heavy atom. The number of hydrogen-bond donors (Lipinski definition) is 2. The third-order valence-corrected chi connectivity index (χ3v) is 3.48. The maximum absolute atomic E-state index is 11.4. The van der Waals surface area contributed by atoms with Gasteiger partial charge in [-0.15, -0.1) is 11.3 Å². The number of anilines is 1. The Morgan fingerprint density at radius 1 is 1.54 bits per heavy atom. The summed E-state index contributed by atoms with van der Waals surface area (Å²) in [5, 5.41) is 5.86. The zero-order valence-electron chi connectivity index (χ0n) is 6.96. The molecule has 0 fully saturated rings. The van der Waals surface area contributed by atoms with Crippen LogP contribution in [0.15, 0.2) is 22.3 Å². The third-order valence-electron chi connectivity index (χ3n) is 1.69. The van der Waals surface area contributed by atoms with Gasteiger partial charge in [0.25, 0.3) is 5.56 Å². The lowest BCUT2D eigenvalue weighted by atomic mass is 10.3. The van der Waals surface area contributed by atoms with Crippen LogP contribution in [-0.2, 0) is 0 Å². The third kappa shape index (κ3) is 1.40. The molecule has 0 aliphatic heterocycles. The van der Waals surface area contributed by atoms with Crippen LogP contribution in [0.1, 0.15) is 0 Å². The second-order valence-electron chi connectivity index (χ2n) is 2.46. The molecular weight excluding hydrogens is 204 g/mol. The zero-order valence-corrected chi connectivity index (χ0v) is 8.59. The molecule has 2 aromatic heterocycles. The Labute approximate surface area is 83.2 Å². The normalized spacial score (nSPS) is 10.2. The summed E-state index contributed by atoms with van der Waals surface area (Å²) >= 11 is 2.90. The lowest BCUT2D eigenvalue weighted by Crippen LogP contribution is -2.00. The van der Waals surface area contributed by atoms with Crippen molar-refractivity contribution in [1.82, 2.24) is 4.37 Å².